The minimum atomic E-state index is -0.965. The van der Waals surface area contributed by atoms with Crippen molar-refractivity contribution in [3.8, 4) is 16.3 Å². The molecule has 2 aromatic carbocycles. The molecule has 2 aliphatic rings. The van der Waals surface area contributed by atoms with E-state index in [1.54, 1.807) is 23.3 Å². The van der Waals surface area contributed by atoms with Crippen LogP contribution in [0.3, 0.4) is 0 Å². The predicted octanol–water partition coefficient (Wildman–Crippen LogP) is 7.83. The standard InChI is InChI=1S/C29H30BrFN2O2S/c1-16-8-22(31)15-32(13-16)29(34)20-10-25(35-3)27-17(2)28(36-26(27)11-20)24-9-19-6-7-21(30)12-23(19)33(24)14-18-4-5-18/h6-7,9-12,16,18,22H,4-5,8,13-15H2,1-3H3/t16-,22-/m1/s1. The first-order valence-corrected chi connectivity index (χ1v) is 14.3. The molecule has 2 fully saturated rings. The second-order valence-electron chi connectivity index (χ2n) is 10.5. The maximum atomic E-state index is 14.2. The van der Waals surface area contributed by atoms with E-state index >= 15 is 0 Å². The molecular weight excluding hydrogens is 539 g/mol. The number of aryl methyl sites for hydroxylation is 1. The van der Waals surface area contributed by atoms with Crippen molar-refractivity contribution in [1.82, 2.24) is 9.47 Å². The second kappa shape index (κ2) is 9.18. The molecule has 1 aliphatic carbocycles. The van der Waals surface area contributed by atoms with Crippen molar-refractivity contribution in [2.24, 2.45) is 11.8 Å². The van der Waals surface area contributed by atoms with Crippen molar-refractivity contribution < 1.29 is 13.9 Å². The lowest BCUT2D eigenvalue weighted by Gasteiger charge is -2.33. The number of rotatable bonds is 5. The van der Waals surface area contributed by atoms with Crippen molar-refractivity contribution in [3.63, 3.8) is 0 Å². The second-order valence-corrected chi connectivity index (χ2v) is 12.5. The van der Waals surface area contributed by atoms with E-state index in [4.69, 9.17) is 4.74 Å². The number of hydrogen-bond acceptors (Lipinski definition) is 3. The zero-order chi connectivity index (χ0) is 25.1. The minimum Gasteiger partial charge on any atom is -0.496 e. The Hall–Kier alpha value is -2.38. The summed E-state index contributed by atoms with van der Waals surface area (Å²) in [7, 11) is 1.65. The van der Waals surface area contributed by atoms with Crippen LogP contribution < -0.4 is 4.74 Å². The summed E-state index contributed by atoms with van der Waals surface area (Å²) in [6, 6.07) is 12.6. The van der Waals surface area contributed by atoms with E-state index in [0.717, 1.165) is 27.0 Å². The maximum Gasteiger partial charge on any atom is 0.254 e. The van der Waals surface area contributed by atoms with Crippen molar-refractivity contribution in [3.05, 3.63) is 52.0 Å². The summed E-state index contributed by atoms with van der Waals surface area (Å²) in [6.07, 6.45) is 2.12. The third kappa shape index (κ3) is 4.24. The molecule has 7 heteroatoms. The van der Waals surface area contributed by atoms with E-state index in [0.29, 0.717) is 24.3 Å². The predicted molar refractivity (Wildman–Crippen MR) is 149 cm³/mol. The van der Waals surface area contributed by atoms with Gasteiger partial charge in [-0.25, -0.2) is 4.39 Å². The Kier molecular flexibility index (Phi) is 6.11. The van der Waals surface area contributed by atoms with Crippen LogP contribution in [0.25, 0.3) is 31.6 Å². The first-order valence-electron chi connectivity index (χ1n) is 12.7. The highest BCUT2D eigenvalue weighted by Gasteiger charge is 2.30. The molecule has 1 saturated heterocycles. The molecule has 36 heavy (non-hydrogen) atoms. The van der Waals surface area contributed by atoms with Crippen LogP contribution in [0.15, 0.2) is 40.9 Å². The van der Waals surface area contributed by atoms with Crippen molar-refractivity contribution in [2.75, 3.05) is 20.2 Å². The first kappa shape index (κ1) is 24.0. The number of aromatic nitrogens is 1. The average molecular weight is 570 g/mol. The van der Waals surface area contributed by atoms with E-state index in [1.807, 2.05) is 19.1 Å². The maximum absolute atomic E-state index is 14.2. The van der Waals surface area contributed by atoms with Gasteiger partial charge in [-0.05, 0) is 73.9 Å². The summed E-state index contributed by atoms with van der Waals surface area (Å²) >= 11 is 5.36. The number of hydrogen-bond donors (Lipinski definition) is 0. The number of piperidine rings is 1. The van der Waals surface area contributed by atoms with Crippen LogP contribution >= 0.6 is 27.3 Å². The number of thiophene rings is 1. The highest BCUT2D eigenvalue weighted by molar-refractivity contribution is 9.10. The van der Waals surface area contributed by atoms with Crippen molar-refractivity contribution >= 4 is 54.2 Å². The Morgan fingerprint density at radius 3 is 2.72 bits per heavy atom. The van der Waals surface area contributed by atoms with Gasteiger partial charge in [-0.3, -0.25) is 4.79 Å². The lowest BCUT2D eigenvalue weighted by Crippen LogP contribution is -2.44. The molecule has 6 rings (SSSR count). The summed E-state index contributed by atoms with van der Waals surface area (Å²) in [5, 5.41) is 2.28. The van der Waals surface area contributed by atoms with E-state index < -0.39 is 6.17 Å². The van der Waals surface area contributed by atoms with E-state index in [2.05, 4.69) is 51.7 Å². The number of nitrogens with zero attached hydrogens (tertiary/aromatic N) is 2. The van der Waals surface area contributed by atoms with Gasteiger partial charge < -0.3 is 14.2 Å². The monoisotopic (exact) mass is 568 g/mol. The number of halogens is 2. The first-order chi connectivity index (χ1) is 17.3. The van der Waals surface area contributed by atoms with Crippen LogP contribution in [0.2, 0.25) is 0 Å². The van der Waals surface area contributed by atoms with Gasteiger partial charge in [-0.15, -0.1) is 11.3 Å². The molecule has 3 heterocycles. The normalized spacial score (nSPS) is 20.4. The quantitative estimate of drug-likeness (QED) is 0.246. The van der Waals surface area contributed by atoms with Crippen LogP contribution in [0.1, 0.15) is 42.1 Å². The molecule has 4 aromatic rings. The van der Waals surface area contributed by atoms with E-state index in [9.17, 15) is 9.18 Å². The average Bonchev–Trinajstić information content (AvgIpc) is 3.52. The number of alkyl halides is 1. The fourth-order valence-electron chi connectivity index (χ4n) is 5.66. The third-order valence-electron chi connectivity index (χ3n) is 7.59. The summed E-state index contributed by atoms with van der Waals surface area (Å²) in [5.41, 5.74) is 4.19. The zero-order valence-electron chi connectivity index (χ0n) is 20.8. The molecule has 2 aromatic heterocycles. The van der Waals surface area contributed by atoms with E-state index in [1.165, 1.54) is 39.9 Å². The molecule has 4 nitrogen and oxygen atoms in total. The number of carbonyl (C=O) groups is 1. The number of carbonyl (C=O) groups excluding carboxylic acids is 1. The van der Waals surface area contributed by atoms with Crippen LogP contribution in [0.5, 0.6) is 5.75 Å². The number of likely N-dealkylation sites (tertiary alicyclic amines) is 1. The SMILES string of the molecule is COc1cc(C(=O)N2C[C@H](C)C[C@@H](F)C2)cc2sc(-c3cc4ccc(Br)cc4n3CC3CC3)c(C)c12. The molecular formula is C29H30BrFN2O2S. The summed E-state index contributed by atoms with van der Waals surface area (Å²) in [6.45, 7) is 5.92. The van der Waals surface area contributed by atoms with E-state index in [-0.39, 0.29) is 18.4 Å². The van der Waals surface area contributed by atoms with Gasteiger partial charge in [-0.1, -0.05) is 28.9 Å². The molecule has 1 aliphatic heterocycles. The smallest absolute Gasteiger partial charge is 0.254 e. The summed E-state index contributed by atoms with van der Waals surface area (Å²) < 4.78 is 24.6. The van der Waals surface area contributed by atoms with Crippen LogP contribution in [-0.4, -0.2) is 41.7 Å². The molecule has 0 unspecified atom stereocenters. The fourth-order valence-corrected chi connectivity index (χ4v) is 7.30. The van der Waals surface area contributed by atoms with Crippen LogP contribution in [0, 0.1) is 18.8 Å². The Morgan fingerprint density at radius 2 is 2.00 bits per heavy atom. The van der Waals surface area contributed by atoms with Gasteiger partial charge in [0.2, 0.25) is 0 Å². The Balaban J connectivity index is 1.47. The summed E-state index contributed by atoms with van der Waals surface area (Å²) in [4.78, 5) is 16.3. The van der Waals surface area contributed by atoms with Gasteiger partial charge in [0.25, 0.3) is 5.91 Å². The van der Waals surface area contributed by atoms with Crippen molar-refractivity contribution in [1.29, 1.82) is 0 Å². The number of benzene rings is 2. The Bertz CT molecular complexity index is 1480. The molecule has 0 spiro atoms. The highest BCUT2D eigenvalue weighted by Crippen LogP contribution is 2.45. The van der Waals surface area contributed by atoms with Crippen molar-refractivity contribution in [2.45, 2.75) is 45.8 Å². The molecule has 0 radical (unpaired) electrons. The Labute approximate surface area is 223 Å². The lowest BCUT2D eigenvalue weighted by molar-refractivity contribution is 0.0555. The van der Waals surface area contributed by atoms with Gasteiger partial charge in [0.05, 0.1) is 24.2 Å². The molecule has 1 amide bonds. The highest BCUT2D eigenvalue weighted by atomic mass is 79.9. The summed E-state index contributed by atoms with van der Waals surface area (Å²) in [5.74, 6) is 1.47. The van der Waals surface area contributed by atoms with Gasteiger partial charge in [-0.2, -0.15) is 0 Å². The number of ether oxygens (including phenoxy) is 1. The largest absolute Gasteiger partial charge is 0.496 e. The lowest BCUT2D eigenvalue weighted by atomic mass is 9.98. The molecule has 188 valence electrons. The van der Waals surface area contributed by atoms with Gasteiger partial charge in [0.15, 0.2) is 0 Å². The number of amides is 1. The topological polar surface area (TPSA) is 34.5 Å². The molecule has 1 saturated carbocycles. The Morgan fingerprint density at radius 1 is 1.19 bits per heavy atom. The fraction of sp³-hybridized carbons (Fsp3) is 0.414. The van der Waals surface area contributed by atoms with Crippen LogP contribution in [0.4, 0.5) is 4.39 Å². The minimum absolute atomic E-state index is 0.121. The van der Waals surface area contributed by atoms with Gasteiger partial charge in [0.1, 0.15) is 11.9 Å². The number of methoxy groups -OCH3 is 1. The van der Waals surface area contributed by atoms with Gasteiger partial charge in [0, 0.05) is 44.1 Å². The van der Waals surface area contributed by atoms with Gasteiger partial charge >= 0.3 is 0 Å². The zero-order valence-corrected chi connectivity index (χ0v) is 23.2. The number of fused-ring (bicyclic) bond motifs is 2. The molecule has 2 atom stereocenters. The molecule has 0 N–H and O–H groups in total. The van der Waals surface area contributed by atoms with Crippen LogP contribution in [-0.2, 0) is 6.54 Å². The third-order valence-corrected chi connectivity index (χ3v) is 9.35. The molecule has 0 bridgehead atoms.